The van der Waals surface area contributed by atoms with Crippen LogP contribution >= 0.6 is 15.9 Å². The highest BCUT2D eigenvalue weighted by Crippen LogP contribution is 2.46. The van der Waals surface area contributed by atoms with Crippen molar-refractivity contribution >= 4 is 26.8 Å². The number of hydrogen-bond acceptors (Lipinski definition) is 1. The van der Waals surface area contributed by atoms with E-state index in [0.29, 0.717) is 0 Å². The Bertz CT molecular complexity index is 757. The topological polar surface area (TPSA) is 12.9 Å². The third-order valence-corrected chi connectivity index (χ3v) is 3.82. The van der Waals surface area contributed by atoms with Crippen LogP contribution in [-0.4, -0.2) is 4.98 Å². The van der Waals surface area contributed by atoms with Gasteiger partial charge < -0.3 is 0 Å². The average Bonchev–Trinajstić information content (AvgIpc) is 2.67. The van der Waals surface area contributed by atoms with Crippen LogP contribution in [0, 0.1) is 0 Å². The Hall–Kier alpha value is -1.67. The summed E-state index contributed by atoms with van der Waals surface area (Å²) in [5, 5.41) is 1.28. The molecule has 2 aromatic carbocycles. The molecule has 0 atom stereocenters. The molecule has 0 aliphatic heterocycles. The summed E-state index contributed by atoms with van der Waals surface area (Å²) >= 11 is 3.54. The minimum atomic E-state index is 1.08. The van der Waals surface area contributed by atoms with Crippen LogP contribution in [0.2, 0.25) is 0 Å². The van der Waals surface area contributed by atoms with Crippen LogP contribution in [-0.2, 0) is 0 Å². The van der Waals surface area contributed by atoms with Gasteiger partial charge in [-0.2, -0.15) is 0 Å². The smallest absolute Gasteiger partial charge is 0.0714 e. The van der Waals surface area contributed by atoms with Gasteiger partial charge in [0.1, 0.15) is 0 Å². The summed E-state index contributed by atoms with van der Waals surface area (Å²) in [6, 6.07) is 14.9. The van der Waals surface area contributed by atoms with Crippen molar-refractivity contribution in [2.75, 3.05) is 0 Å². The van der Waals surface area contributed by atoms with E-state index >= 15 is 0 Å². The van der Waals surface area contributed by atoms with Crippen molar-refractivity contribution in [1.29, 1.82) is 0 Å². The molecule has 0 spiro atoms. The van der Waals surface area contributed by atoms with Crippen LogP contribution in [0.3, 0.4) is 0 Å². The van der Waals surface area contributed by atoms with E-state index in [1.807, 2.05) is 6.20 Å². The van der Waals surface area contributed by atoms with Crippen molar-refractivity contribution in [2.24, 2.45) is 0 Å². The highest BCUT2D eigenvalue weighted by Gasteiger charge is 2.20. The van der Waals surface area contributed by atoms with E-state index in [2.05, 4.69) is 63.4 Å². The SMILES string of the molecule is Brc1ccc2c(c1)-c1ccnc3cccc-2c13. The van der Waals surface area contributed by atoms with E-state index in [-0.39, 0.29) is 0 Å². The normalized spacial score (nSPS) is 11.8. The highest BCUT2D eigenvalue weighted by molar-refractivity contribution is 9.10. The number of fused-ring (bicyclic) bond motifs is 3. The molecule has 1 heterocycles. The van der Waals surface area contributed by atoms with Gasteiger partial charge in [0, 0.05) is 16.1 Å². The molecule has 1 aromatic heterocycles. The summed E-state index contributed by atoms with van der Waals surface area (Å²) in [6.07, 6.45) is 1.89. The monoisotopic (exact) mass is 281 g/mol. The largest absolute Gasteiger partial charge is 0.256 e. The van der Waals surface area contributed by atoms with Crippen molar-refractivity contribution in [1.82, 2.24) is 4.98 Å². The Morgan fingerprint density at radius 1 is 0.824 bits per heavy atom. The molecule has 0 fully saturated rings. The third-order valence-electron chi connectivity index (χ3n) is 3.33. The molecular formula is C15H8BrN. The fourth-order valence-corrected chi connectivity index (χ4v) is 2.99. The van der Waals surface area contributed by atoms with Crippen molar-refractivity contribution in [3.05, 3.63) is 53.1 Å². The van der Waals surface area contributed by atoms with E-state index < -0.39 is 0 Å². The molecule has 3 aromatic rings. The molecule has 0 amide bonds. The standard InChI is InChI=1S/C15H8BrN/c16-9-4-5-10-11-2-1-3-14-15(11)12(6-7-17-14)13(10)8-9/h1-8H. The Labute approximate surface area is 107 Å². The highest BCUT2D eigenvalue weighted by atomic mass is 79.9. The number of aromatic nitrogens is 1. The lowest BCUT2D eigenvalue weighted by Gasteiger charge is -2.01. The lowest BCUT2D eigenvalue weighted by Crippen LogP contribution is -1.78. The second-order valence-corrected chi connectivity index (χ2v) is 5.16. The minimum Gasteiger partial charge on any atom is -0.256 e. The average molecular weight is 282 g/mol. The van der Waals surface area contributed by atoms with Crippen molar-refractivity contribution in [2.45, 2.75) is 0 Å². The maximum Gasteiger partial charge on any atom is 0.0714 e. The summed E-state index contributed by atoms with van der Waals surface area (Å²) < 4.78 is 1.12. The number of nitrogens with zero attached hydrogens (tertiary/aromatic N) is 1. The molecule has 0 N–H and O–H groups in total. The predicted molar refractivity (Wildman–Crippen MR) is 73.9 cm³/mol. The molecule has 1 aliphatic carbocycles. The van der Waals surface area contributed by atoms with E-state index in [1.165, 1.54) is 27.6 Å². The molecule has 0 saturated carbocycles. The molecule has 80 valence electrons. The first-order valence-corrected chi connectivity index (χ1v) is 6.32. The molecule has 0 unspecified atom stereocenters. The third kappa shape index (κ3) is 1.16. The summed E-state index contributed by atoms with van der Waals surface area (Å²) in [5.41, 5.74) is 6.28. The number of hydrogen-bond donors (Lipinski definition) is 0. The van der Waals surface area contributed by atoms with E-state index in [4.69, 9.17) is 0 Å². The zero-order valence-corrected chi connectivity index (χ0v) is 10.5. The second-order valence-electron chi connectivity index (χ2n) is 4.25. The van der Waals surface area contributed by atoms with E-state index in [9.17, 15) is 0 Å². The van der Waals surface area contributed by atoms with E-state index in [1.54, 1.807) is 0 Å². The molecular weight excluding hydrogens is 274 g/mol. The van der Waals surface area contributed by atoms with Gasteiger partial charge in [-0.1, -0.05) is 34.1 Å². The molecule has 1 aliphatic rings. The van der Waals surface area contributed by atoms with Crippen molar-refractivity contribution < 1.29 is 0 Å². The summed E-state index contributed by atoms with van der Waals surface area (Å²) in [4.78, 5) is 4.44. The Morgan fingerprint density at radius 2 is 1.71 bits per heavy atom. The zero-order chi connectivity index (χ0) is 11.4. The number of benzene rings is 2. The summed E-state index contributed by atoms with van der Waals surface area (Å²) in [6.45, 7) is 0. The fraction of sp³-hybridized carbons (Fsp3) is 0. The molecule has 4 rings (SSSR count). The molecule has 0 radical (unpaired) electrons. The van der Waals surface area contributed by atoms with Crippen LogP contribution in [0.1, 0.15) is 0 Å². The van der Waals surface area contributed by atoms with Gasteiger partial charge in [-0.25, -0.2) is 0 Å². The Morgan fingerprint density at radius 3 is 2.65 bits per heavy atom. The van der Waals surface area contributed by atoms with Crippen LogP contribution in [0.4, 0.5) is 0 Å². The maximum absolute atomic E-state index is 4.44. The van der Waals surface area contributed by atoms with E-state index in [0.717, 1.165) is 9.99 Å². The molecule has 2 heteroatoms. The Kier molecular flexibility index (Phi) is 1.75. The van der Waals surface area contributed by atoms with Gasteiger partial charge in [-0.05, 0) is 46.5 Å². The zero-order valence-electron chi connectivity index (χ0n) is 8.94. The summed E-state index contributed by atoms with van der Waals surface area (Å²) in [7, 11) is 0. The maximum atomic E-state index is 4.44. The minimum absolute atomic E-state index is 1.08. The number of halogens is 1. The van der Waals surface area contributed by atoms with Gasteiger partial charge in [0.2, 0.25) is 0 Å². The quantitative estimate of drug-likeness (QED) is 0.457. The first kappa shape index (κ1) is 9.37. The summed E-state index contributed by atoms with van der Waals surface area (Å²) in [5.74, 6) is 0. The number of pyridine rings is 1. The van der Waals surface area contributed by atoms with Crippen LogP contribution in [0.25, 0.3) is 33.2 Å². The molecule has 0 bridgehead atoms. The lowest BCUT2D eigenvalue weighted by molar-refractivity contribution is 1.42. The van der Waals surface area contributed by atoms with Gasteiger partial charge >= 0.3 is 0 Å². The van der Waals surface area contributed by atoms with Gasteiger partial charge in [-0.3, -0.25) is 4.98 Å². The fourth-order valence-electron chi connectivity index (χ4n) is 2.63. The molecule has 1 nitrogen and oxygen atoms in total. The van der Waals surface area contributed by atoms with Crippen LogP contribution in [0.15, 0.2) is 53.1 Å². The first-order valence-electron chi connectivity index (χ1n) is 5.52. The van der Waals surface area contributed by atoms with Crippen LogP contribution < -0.4 is 0 Å². The second kappa shape index (κ2) is 3.17. The van der Waals surface area contributed by atoms with Gasteiger partial charge in [0.15, 0.2) is 0 Å². The number of rotatable bonds is 0. The van der Waals surface area contributed by atoms with Crippen LogP contribution in [0.5, 0.6) is 0 Å². The molecule has 17 heavy (non-hydrogen) atoms. The predicted octanol–water partition coefficient (Wildman–Crippen LogP) is 4.64. The van der Waals surface area contributed by atoms with Crippen molar-refractivity contribution in [3.63, 3.8) is 0 Å². The molecule has 0 saturated heterocycles. The lowest BCUT2D eigenvalue weighted by atomic mass is 10.1. The Balaban J connectivity index is 2.26. The van der Waals surface area contributed by atoms with Gasteiger partial charge in [0.05, 0.1) is 5.52 Å². The van der Waals surface area contributed by atoms with Crippen molar-refractivity contribution in [3.8, 4) is 22.3 Å². The first-order chi connectivity index (χ1) is 8.34. The van der Waals surface area contributed by atoms with Gasteiger partial charge in [0.25, 0.3) is 0 Å². The van der Waals surface area contributed by atoms with Gasteiger partial charge in [-0.15, -0.1) is 0 Å².